The molecule has 2 aliphatic heterocycles. The Labute approximate surface area is 192 Å². The van der Waals surface area contributed by atoms with Gasteiger partial charge in [0.2, 0.25) is 0 Å². The number of nitrogens with two attached hydrogens (primary N) is 1. The quantitative estimate of drug-likeness (QED) is 0.609. The molecule has 1 aromatic carbocycles. The number of aromatic nitrogens is 1. The lowest BCUT2D eigenvalue weighted by atomic mass is 9.85. The highest BCUT2D eigenvalue weighted by molar-refractivity contribution is 5.92. The minimum atomic E-state index is -1.71. The van der Waals surface area contributed by atoms with Crippen molar-refractivity contribution in [3.05, 3.63) is 57.1 Å². The Kier molecular flexibility index (Phi) is 6.72. The Hall–Kier alpha value is -3.10. The van der Waals surface area contributed by atoms with Crippen LogP contribution in [0.25, 0.3) is 16.6 Å². The Morgan fingerprint density at radius 1 is 1.36 bits per heavy atom. The van der Waals surface area contributed by atoms with Crippen LogP contribution in [0, 0.1) is 19.7 Å². The first-order chi connectivity index (χ1) is 15.6. The number of halogens is 1. The molecule has 2 unspecified atom stereocenters. The zero-order valence-electron chi connectivity index (χ0n) is 19.6. The zero-order valence-corrected chi connectivity index (χ0v) is 19.6. The van der Waals surface area contributed by atoms with Crippen LogP contribution in [0.3, 0.4) is 0 Å². The van der Waals surface area contributed by atoms with Crippen LogP contribution in [0.5, 0.6) is 0 Å². The summed E-state index contributed by atoms with van der Waals surface area (Å²) in [6.07, 6.45) is 1.96. The number of rotatable bonds is 3. The average Bonchev–Trinajstić information content (AvgIpc) is 3.19. The first-order valence-electron chi connectivity index (χ1n) is 10.8. The summed E-state index contributed by atoms with van der Waals surface area (Å²) in [5, 5.41) is 15.2. The number of pyridine rings is 1. The molecule has 7 nitrogen and oxygen atoms in total. The van der Waals surface area contributed by atoms with E-state index in [1.54, 1.807) is 19.9 Å². The Morgan fingerprint density at radius 3 is 2.64 bits per heavy atom. The van der Waals surface area contributed by atoms with E-state index in [2.05, 4.69) is 5.32 Å². The molecule has 33 heavy (non-hydrogen) atoms. The monoisotopic (exact) mass is 455 g/mol. The van der Waals surface area contributed by atoms with Crippen molar-refractivity contribution in [1.82, 2.24) is 10.3 Å². The summed E-state index contributed by atoms with van der Waals surface area (Å²) in [6.45, 7) is 11.8. The number of ether oxygens (including phenoxy) is 1. The fourth-order valence-electron chi connectivity index (χ4n) is 4.60. The van der Waals surface area contributed by atoms with Crippen LogP contribution in [0.1, 0.15) is 61.2 Å². The number of benzene rings is 1. The van der Waals surface area contributed by atoms with Crippen LogP contribution in [0.15, 0.2) is 23.3 Å². The van der Waals surface area contributed by atoms with E-state index in [-0.39, 0.29) is 24.9 Å². The second-order valence-electron chi connectivity index (χ2n) is 8.54. The van der Waals surface area contributed by atoms with E-state index in [0.717, 1.165) is 27.6 Å². The molecule has 0 radical (unpaired) electrons. The van der Waals surface area contributed by atoms with Gasteiger partial charge in [0.05, 0.1) is 16.9 Å². The smallest absolute Gasteiger partial charge is 0.343 e. The molecule has 4 N–H and O–H groups in total. The number of esters is 1. The van der Waals surface area contributed by atoms with Gasteiger partial charge in [0.1, 0.15) is 19.2 Å². The van der Waals surface area contributed by atoms with Crippen molar-refractivity contribution < 1.29 is 23.8 Å². The molecule has 2 aromatic rings. The molecule has 0 saturated heterocycles. The number of hydrogen-bond acceptors (Lipinski definition) is 7. The van der Waals surface area contributed by atoms with Gasteiger partial charge in [0.15, 0.2) is 5.60 Å². The van der Waals surface area contributed by atoms with Gasteiger partial charge in [-0.25, -0.2) is 14.2 Å². The first kappa shape index (κ1) is 24.5. The highest BCUT2D eigenvalue weighted by Crippen LogP contribution is 2.39. The van der Waals surface area contributed by atoms with Crippen molar-refractivity contribution in [2.45, 2.75) is 59.2 Å². The molecule has 2 aliphatic rings. The van der Waals surface area contributed by atoms with Crippen LogP contribution in [0.2, 0.25) is 0 Å². The van der Waals surface area contributed by atoms with Crippen molar-refractivity contribution in [3.8, 4) is 0 Å². The topological polar surface area (TPSA) is 115 Å². The predicted molar refractivity (Wildman–Crippen MR) is 125 cm³/mol. The van der Waals surface area contributed by atoms with Crippen molar-refractivity contribution in [2.24, 2.45) is 5.73 Å². The molecule has 8 heteroatoms. The van der Waals surface area contributed by atoms with E-state index in [1.807, 2.05) is 27.6 Å². The first-order valence-corrected chi connectivity index (χ1v) is 10.8. The van der Waals surface area contributed by atoms with Gasteiger partial charge in [0.25, 0.3) is 0 Å². The van der Waals surface area contributed by atoms with Crippen molar-refractivity contribution in [3.63, 3.8) is 0 Å². The lowest BCUT2D eigenvalue weighted by molar-refractivity contribution is -0.162. The molecule has 0 aliphatic carbocycles. The fourth-order valence-corrected chi connectivity index (χ4v) is 4.60. The van der Waals surface area contributed by atoms with E-state index < -0.39 is 11.6 Å². The van der Waals surface area contributed by atoms with Crippen molar-refractivity contribution in [2.75, 3.05) is 6.61 Å². The second kappa shape index (κ2) is 9.03. The van der Waals surface area contributed by atoms with E-state index in [9.17, 15) is 14.3 Å². The van der Waals surface area contributed by atoms with E-state index in [4.69, 9.17) is 20.2 Å². The number of carbonyl (C=O) groups excluding carboxylic acids is 2. The number of nitrogens with one attached hydrogen (secondary N) is 1. The Bertz CT molecular complexity index is 1200. The van der Waals surface area contributed by atoms with Gasteiger partial charge in [0, 0.05) is 29.6 Å². The maximum absolute atomic E-state index is 14.5. The van der Waals surface area contributed by atoms with Crippen LogP contribution in [-0.4, -0.2) is 35.1 Å². The normalized spacial score (nSPS) is 21.9. The molecule has 2 atom stereocenters. The van der Waals surface area contributed by atoms with E-state index in [0.29, 0.717) is 34.6 Å². The third-order valence-corrected chi connectivity index (χ3v) is 6.56. The lowest BCUT2D eigenvalue weighted by Crippen LogP contribution is -2.45. The summed E-state index contributed by atoms with van der Waals surface area (Å²) in [5.41, 5.74) is 11.2. The van der Waals surface area contributed by atoms with Crippen molar-refractivity contribution >= 4 is 29.4 Å². The molecule has 176 valence electrons. The molecule has 0 amide bonds. The van der Waals surface area contributed by atoms with Gasteiger partial charge in [-0.1, -0.05) is 6.92 Å². The number of hydrogen-bond donors (Lipinski definition) is 3. The van der Waals surface area contributed by atoms with Crippen LogP contribution >= 0.6 is 0 Å². The average molecular weight is 456 g/mol. The maximum atomic E-state index is 14.5. The second-order valence-corrected chi connectivity index (χ2v) is 8.54. The van der Waals surface area contributed by atoms with Gasteiger partial charge in [-0.2, -0.15) is 0 Å². The van der Waals surface area contributed by atoms with Crippen LogP contribution < -0.4 is 11.1 Å². The zero-order chi connectivity index (χ0) is 24.7. The number of cyclic esters (lactones) is 1. The summed E-state index contributed by atoms with van der Waals surface area (Å²) in [6, 6.07) is 1.17. The summed E-state index contributed by atoms with van der Waals surface area (Å²) in [7, 11) is 0. The standard InChI is InChI=1S/C24H28FN3O3.CH2O/c1-6-24(30)16(11(2)10-31-23(24)29)7-19-22-15(9-27-19)21(14(5)26)20-13(4)12(3)17(25)8-18(20)28-22;1-2/h7-8,14,27,30H,6,9-10,26H2,1-5H3;1H2/b19-7-;. The molecule has 0 spiro atoms. The molecule has 0 bridgehead atoms. The molecule has 4 rings (SSSR count). The third kappa shape index (κ3) is 3.83. The number of aliphatic hydroxyl groups is 1. The molecule has 0 saturated carbocycles. The number of aryl methyl sites for hydroxylation is 1. The highest BCUT2D eigenvalue weighted by Gasteiger charge is 2.43. The van der Waals surface area contributed by atoms with Gasteiger partial charge in [-0.3, -0.25) is 0 Å². The van der Waals surface area contributed by atoms with Crippen molar-refractivity contribution in [1.29, 1.82) is 0 Å². The van der Waals surface area contributed by atoms with Crippen LogP contribution in [-0.2, 0) is 20.9 Å². The van der Waals surface area contributed by atoms with Gasteiger partial charge in [-0.15, -0.1) is 0 Å². The predicted octanol–water partition coefficient (Wildman–Crippen LogP) is 3.28. The SMILES string of the molecule is C=O.CCC1(O)C(=O)OCC(C)=C1/C=C1\NCc2c1nc1cc(F)c(C)c(C)c1c2C(C)N. The fraction of sp³-hybridized carbons (Fsp3) is 0.400. The molecular weight excluding hydrogens is 425 g/mol. The van der Waals surface area contributed by atoms with Crippen LogP contribution in [0.4, 0.5) is 4.39 Å². The summed E-state index contributed by atoms with van der Waals surface area (Å²) >= 11 is 0. The number of fused-ring (bicyclic) bond motifs is 2. The third-order valence-electron chi connectivity index (χ3n) is 6.56. The lowest BCUT2D eigenvalue weighted by Gasteiger charge is -2.32. The summed E-state index contributed by atoms with van der Waals surface area (Å²) in [4.78, 5) is 25.1. The Balaban J connectivity index is 0.00000149. The molecular formula is C25H30FN3O4. The van der Waals surface area contributed by atoms with Gasteiger partial charge < -0.3 is 25.7 Å². The highest BCUT2D eigenvalue weighted by atomic mass is 19.1. The summed E-state index contributed by atoms with van der Waals surface area (Å²) < 4.78 is 19.6. The minimum Gasteiger partial charge on any atom is -0.459 e. The molecule has 0 fully saturated rings. The Morgan fingerprint density at radius 2 is 2.03 bits per heavy atom. The van der Waals surface area contributed by atoms with Gasteiger partial charge in [-0.05, 0) is 68.0 Å². The molecule has 3 heterocycles. The maximum Gasteiger partial charge on any atom is 0.343 e. The molecule has 1 aromatic heterocycles. The minimum absolute atomic E-state index is 0.132. The summed E-state index contributed by atoms with van der Waals surface area (Å²) in [5.74, 6) is -0.958. The number of nitrogens with zero attached hydrogens (tertiary/aromatic N) is 1. The largest absolute Gasteiger partial charge is 0.459 e. The number of carbonyl (C=O) groups is 2. The van der Waals surface area contributed by atoms with Gasteiger partial charge >= 0.3 is 5.97 Å². The van der Waals surface area contributed by atoms with E-state index >= 15 is 0 Å². The van der Waals surface area contributed by atoms with E-state index in [1.165, 1.54) is 6.07 Å².